The van der Waals surface area contributed by atoms with Crippen LogP contribution in [-0.4, -0.2) is 34.0 Å². The highest BCUT2D eigenvalue weighted by molar-refractivity contribution is 5.93. The van der Waals surface area contributed by atoms with Crippen LogP contribution in [0.15, 0.2) is 24.3 Å². The number of rotatable bonds is 6. The molecule has 0 radical (unpaired) electrons. The van der Waals surface area contributed by atoms with Crippen molar-refractivity contribution < 1.29 is 4.79 Å². The largest absolute Gasteiger partial charge is 0.349 e. The first-order chi connectivity index (χ1) is 11.4. The lowest BCUT2D eigenvalue weighted by Gasteiger charge is -2.19. The molecule has 0 aliphatic carbocycles. The van der Waals surface area contributed by atoms with E-state index in [1.54, 1.807) is 4.68 Å². The Kier molecular flexibility index (Phi) is 7.58. The number of hydrogen-bond donors (Lipinski definition) is 2. The molecule has 0 aliphatic rings. The Morgan fingerprint density at radius 2 is 1.88 bits per heavy atom. The van der Waals surface area contributed by atoms with Crippen molar-refractivity contribution in [3.8, 4) is 5.69 Å². The molecule has 0 unspecified atom stereocenters. The number of halogens is 1. The molecule has 2 rings (SSSR count). The van der Waals surface area contributed by atoms with E-state index in [2.05, 4.69) is 55.5 Å². The molecule has 25 heavy (non-hydrogen) atoms. The monoisotopic (exact) mass is 365 g/mol. The van der Waals surface area contributed by atoms with Crippen molar-refractivity contribution in [2.24, 2.45) is 5.73 Å². The van der Waals surface area contributed by atoms with Gasteiger partial charge in [0.25, 0.3) is 5.91 Å². The minimum Gasteiger partial charge on any atom is -0.349 e. The second kappa shape index (κ2) is 8.97. The first-order valence-electron chi connectivity index (χ1n) is 8.42. The molecule has 7 heteroatoms. The molecular weight excluding hydrogens is 338 g/mol. The molecule has 1 aromatic carbocycles. The molecule has 0 atom stereocenters. The minimum atomic E-state index is -0.221. The van der Waals surface area contributed by atoms with E-state index >= 15 is 0 Å². The van der Waals surface area contributed by atoms with Gasteiger partial charge in [-0.05, 0) is 29.5 Å². The number of amides is 1. The highest BCUT2D eigenvalue weighted by atomic mass is 35.5. The molecule has 0 saturated carbocycles. The fourth-order valence-electron chi connectivity index (χ4n) is 2.52. The Balaban J connectivity index is 0.00000312. The minimum absolute atomic E-state index is 0. The van der Waals surface area contributed by atoms with Crippen LogP contribution in [0.5, 0.6) is 0 Å². The number of hydrogen-bond acceptors (Lipinski definition) is 4. The zero-order valence-electron chi connectivity index (χ0n) is 15.4. The van der Waals surface area contributed by atoms with Gasteiger partial charge in [0, 0.05) is 13.1 Å². The van der Waals surface area contributed by atoms with Crippen molar-refractivity contribution in [3.05, 3.63) is 41.2 Å². The van der Waals surface area contributed by atoms with Gasteiger partial charge in [0.2, 0.25) is 0 Å². The molecule has 1 heterocycles. The van der Waals surface area contributed by atoms with Crippen molar-refractivity contribution >= 4 is 18.3 Å². The second-order valence-electron chi connectivity index (χ2n) is 6.89. The van der Waals surface area contributed by atoms with Gasteiger partial charge in [-0.25, -0.2) is 4.68 Å². The standard InChI is InChI=1S/C18H27N5O.ClH/c1-5-6-15-16(17(24)20-12-11-19)21-22-23(15)14-9-7-13(8-10-14)18(2,3)4;/h7-10H,5-6,11-12,19H2,1-4H3,(H,20,24);1H. The first kappa shape index (κ1) is 21.1. The van der Waals surface area contributed by atoms with Crippen LogP contribution in [0, 0.1) is 0 Å². The van der Waals surface area contributed by atoms with Gasteiger partial charge < -0.3 is 11.1 Å². The Labute approximate surface area is 155 Å². The summed E-state index contributed by atoms with van der Waals surface area (Å²) in [6, 6.07) is 8.24. The maximum Gasteiger partial charge on any atom is 0.273 e. The number of nitrogens with one attached hydrogen (secondary N) is 1. The van der Waals surface area contributed by atoms with Crippen molar-refractivity contribution in [1.29, 1.82) is 0 Å². The van der Waals surface area contributed by atoms with Gasteiger partial charge in [-0.15, -0.1) is 17.5 Å². The molecule has 0 saturated heterocycles. The van der Waals surface area contributed by atoms with Crippen LogP contribution in [0.1, 0.15) is 55.9 Å². The van der Waals surface area contributed by atoms with Crippen LogP contribution in [0.25, 0.3) is 5.69 Å². The summed E-state index contributed by atoms with van der Waals surface area (Å²) in [6.07, 6.45) is 1.64. The Hall–Kier alpha value is -1.92. The van der Waals surface area contributed by atoms with Crippen LogP contribution < -0.4 is 11.1 Å². The van der Waals surface area contributed by atoms with E-state index in [4.69, 9.17) is 5.73 Å². The van der Waals surface area contributed by atoms with Crippen LogP contribution in [-0.2, 0) is 11.8 Å². The third-order valence-corrected chi connectivity index (χ3v) is 3.87. The van der Waals surface area contributed by atoms with Gasteiger partial charge in [0.05, 0.1) is 11.4 Å². The topological polar surface area (TPSA) is 85.8 Å². The molecule has 1 amide bonds. The quantitative estimate of drug-likeness (QED) is 0.823. The Morgan fingerprint density at radius 3 is 2.40 bits per heavy atom. The molecule has 0 spiro atoms. The summed E-state index contributed by atoms with van der Waals surface area (Å²) in [5.74, 6) is -0.221. The molecule has 6 nitrogen and oxygen atoms in total. The normalized spacial score (nSPS) is 11.1. The van der Waals surface area contributed by atoms with Crippen LogP contribution in [0.4, 0.5) is 0 Å². The second-order valence-corrected chi connectivity index (χ2v) is 6.89. The number of carbonyl (C=O) groups is 1. The van der Waals surface area contributed by atoms with Gasteiger partial charge in [-0.3, -0.25) is 4.79 Å². The average molecular weight is 366 g/mol. The first-order valence-corrected chi connectivity index (χ1v) is 8.42. The molecule has 0 aliphatic heterocycles. The van der Waals surface area contributed by atoms with E-state index in [9.17, 15) is 4.79 Å². The van der Waals surface area contributed by atoms with Crippen LogP contribution >= 0.6 is 12.4 Å². The van der Waals surface area contributed by atoms with Gasteiger partial charge in [-0.1, -0.05) is 51.5 Å². The van der Waals surface area contributed by atoms with Gasteiger partial charge in [-0.2, -0.15) is 0 Å². The molecular formula is C18H28ClN5O. The third-order valence-electron chi connectivity index (χ3n) is 3.87. The van der Waals surface area contributed by atoms with Gasteiger partial charge >= 0.3 is 0 Å². The predicted molar refractivity (Wildman–Crippen MR) is 103 cm³/mol. The van der Waals surface area contributed by atoms with E-state index in [-0.39, 0.29) is 23.7 Å². The number of benzene rings is 1. The van der Waals surface area contributed by atoms with Crippen LogP contribution in [0.2, 0.25) is 0 Å². The summed E-state index contributed by atoms with van der Waals surface area (Å²) >= 11 is 0. The summed E-state index contributed by atoms with van der Waals surface area (Å²) in [7, 11) is 0. The van der Waals surface area contributed by atoms with Crippen LogP contribution in [0.3, 0.4) is 0 Å². The summed E-state index contributed by atoms with van der Waals surface area (Å²) < 4.78 is 1.76. The van der Waals surface area contributed by atoms with Crippen molar-refractivity contribution in [2.75, 3.05) is 13.1 Å². The van der Waals surface area contributed by atoms with Gasteiger partial charge in [0.1, 0.15) is 0 Å². The lowest BCUT2D eigenvalue weighted by molar-refractivity contribution is 0.0948. The molecule has 0 bridgehead atoms. The van der Waals surface area contributed by atoms with E-state index in [0.29, 0.717) is 18.8 Å². The lowest BCUT2D eigenvalue weighted by Crippen LogP contribution is -2.30. The number of nitrogens with zero attached hydrogens (tertiary/aromatic N) is 3. The fraction of sp³-hybridized carbons (Fsp3) is 0.500. The molecule has 3 N–H and O–H groups in total. The highest BCUT2D eigenvalue weighted by Gasteiger charge is 2.20. The molecule has 0 fully saturated rings. The summed E-state index contributed by atoms with van der Waals surface area (Å²) in [5, 5.41) is 11.1. The predicted octanol–water partition coefficient (Wildman–Crippen LogP) is 2.63. The maximum absolute atomic E-state index is 12.2. The Morgan fingerprint density at radius 1 is 1.24 bits per heavy atom. The average Bonchev–Trinajstić information content (AvgIpc) is 2.96. The smallest absolute Gasteiger partial charge is 0.273 e. The SMILES string of the molecule is CCCc1c(C(=O)NCCN)nnn1-c1ccc(C(C)(C)C)cc1.Cl. The van der Waals surface area contributed by atoms with Crippen molar-refractivity contribution in [3.63, 3.8) is 0 Å². The number of nitrogens with two attached hydrogens (primary N) is 1. The zero-order valence-corrected chi connectivity index (χ0v) is 16.2. The lowest BCUT2D eigenvalue weighted by atomic mass is 9.87. The van der Waals surface area contributed by atoms with E-state index < -0.39 is 0 Å². The van der Waals surface area contributed by atoms with E-state index in [0.717, 1.165) is 24.2 Å². The third kappa shape index (κ3) is 5.03. The highest BCUT2D eigenvalue weighted by Crippen LogP contribution is 2.24. The van der Waals surface area contributed by atoms with Gasteiger partial charge in [0.15, 0.2) is 5.69 Å². The number of aromatic nitrogens is 3. The maximum atomic E-state index is 12.2. The molecule has 1 aromatic heterocycles. The number of carbonyl (C=O) groups excluding carboxylic acids is 1. The fourth-order valence-corrected chi connectivity index (χ4v) is 2.52. The zero-order chi connectivity index (χ0) is 17.7. The summed E-state index contributed by atoms with van der Waals surface area (Å²) in [6.45, 7) is 9.44. The molecule has 2 aromatic rings. The molecule has 138 valence electrons. The summed E-state index contributed by atoms with van der Waals surface area (Å²) in [5.41, 5.74) is 8.92. The Bertz CT molecular complexity index is 688. The summed E-state index contributed by atoms with van der Waals surface area (Å²) in [4.78, 5) is 12.2. The van der Waals surface area contributed by atoms with Crippen molar-refractivity contribution in [2.45, 2.75) is 46.0 Å². The van der Waals surface area contributed by atoms with Crippen molar-refractivity contribution in [1.82, 2.24) is 20.3 Å². The van der Waals surface area contributed by atoms with E-state index in [1.165, 1.54) is 5.56 Å². The van der Waals surface area contributed by atoms with E-state index in [1.807, 2.05) is 12.1 Å².